The second-order valence-corrected chi connectivity index (χ2v) is 7.93. The first-order valence-corrected chi connectivity index (χ1v) is 11.3. The lowest BCUT2D eigenvalue weighted by molar-refractivity contribution is -0.152. The molecular weight excluding hydrogens is 502 g/mol. The molecule has 0 radical (unpaired) electrons. The molecule has 12 heteroatoms. The third kappa shape index (κ3) is 8.65. The summed E-state index contributed by atoms with van der Waals surface area (Å²) in [6, 6.07) is 4.88. The number of carbonyl (C=O) groups is 3. The number of ketones is 1. The van der Waals surface area contributed by atoms with Gasteiger partial charge in [0.25, 0.3) is 0 Å². The van der Waals surface area contributed by atoms with Gasteiger partial charge in [-0.15, -0.1) is 0 Å². The number of phenolic OH excluding ortho intramolecular Hbond substituents is 1. The van der Waals surface area contributed by atoms with Crippen LogP contribution in [0.1, 0.15) is 48.2 Å². The van der Waals surface area contributed by atoms with E-state index >= 15 is 0 Å². The highest BCUT2D eigenvalue weighted by atomic mass is 19.4. The summed E-state index contributed by atoms with van der Waals surface area (Å²) in [6.45, 7) is 4.12. The predicted octanol–water partition coefficient (Wildman–Crippen LogP) is 4.89. The molecule has 2 aromatic rings. The first kappa shape index (κ1) is 29.4. The van der Waals surface area contributed by atoms with E-state index in [1.807, 2.05) is 0 Å². The van der Waals surface area contributed by atoms with E-state index in [0.29, 0.717) is 5.56 Å². The highest BCUT2D eigenvalue weighted by Crippen LogP contribution is 2.35. The third-order valence-corrected chi connectivity index (χ3v) is 5.07. The van der Waals surface area contributed by atoms with Crippen molar-refractivity contribution < 1.29 is 51.3 Å². The van der Waals surface area contributed by atoms with E-state index in [2.05, 4.69) is 10.1 Å². The number of Topliss-reactive ketones (excluding diaryl/α,β-unsaturated/α-hetero) is 1. The van der Waals surface area contributed by atoms with E-state index in [0.717, 1.165) is 6.07 Å². The smallest absolute Gasteiger partial charge is 0.397 e. The summed E-state index contributed by atoms with van der Waals surface area (Å²) < 4.78 is 68.0. The van der Waals surface area contributed by atoms with Crippen molar-refractivity contribution >= 4 is 23.3 Å². The van der Waals surface area contributed by atoms with Crippen molar-refractivity contribution in [2.75, 3.05) is 25.1 Å². The Bertz CT molecular complexity index is 1150. The molecule has 37 heavy (non-hydrogen) atoms. The van der Waals surface area contributed by atoms with E-state index in [4.69, 9.17) is 9.47 Å². The van der Waals surface area contributed by atoms with E-state index in [1.54, 1.807) is 0 Å². The number of hydrogen-bond donors (Lipinski definition) is 2. The number of hydrogen-bond acceptors (Lipinski definition) is 7. The van der Waals surface area contributed by atoms with Crippen LogP contribution in [0.4, 0.5) is 23.2 Å². The van der Waals surface area contributed by atoms with Crippen molar-refractivity contribution in [2.24, 2.45) is 0 Å². The SMILES string of the molecule is CCOC(=O)C(=O)Nc1cc(OCCCOc2ccc(C(C)=O)c(O)c2CCC(F)(F)F)c(F)cc1C. The van der Waals surface area contributed by atoms with Crippen molar-refractivity contribution in [3.63, 3.8) is 0 Å². The van der Waals surface area contributed by atoms with Gasteiger partial charge in [-0.3, -0.25) is 9.59 Å². The Morgan fingerprint density at radius 3 is 2.30 bits per heavy atom. The summed E-state index contributed by atoms with van der Waals surface area (Å²) in [5.74, 6) is -4.14. The monoisotopic (exact) mass is 529 g/mol. The summed E-state index contributed by atoms with van der Waals surface area (Å²) >= 11 is 0. The van der Waals surface area contributed by atoms with Gasteiger partial charge in [0, 0.05) is 30.2 Å². The number of alkyl halides is 3. The van der Waals surface area contributed by atoms with Crippen LogP contribution in [-0.2, 0) is 20.7 Å². The number of benzene rings is 2. The molecule has 0 fully saturated rings. The van der Waals surface area contributed by atoms with Gasteiger partial charge in [0.15, 0.2) is 17.3 Å². The molecule has 0 unspecified atom stereocenters. The normalized spacial score (nSPS) is 11.1. The molecule has 2 rings (SSSR count). The number of aromatic hydroxyl groups is 1. The Balaban J connectivity index is 2.02. The number of phenols is 1. The van der Waals surface area contributed by atoms with E-state index < -0.39 is 48.2 Å². The number of nitrogens with one attached hydrogen (secondary N) is 1. The minimum Gasteiger partial charge on any atom is -0.507 e. The van der Waals surface area contributed by atoms with Crippen LogP contribution in [0.15, 0.2) is 24.3 Å². The largest absolute Gasteiger partial charge is 0.507 e. The summed E-state index contributed by atoms with van der Waals surface area (Å²) in [7, 11) is 0. The average molecular weight is 529 g/mol. The summed E-state index contributed by atoms with van der Waals surface area (Å²) in [4.78, 5) is 35.0. The summed E-state index contributed by atoms with van der Waals surface area (Å²) in [6.07, 6.45) is -6.11. The van der Waals surface area contributed by atoms with Gasteiger partial charge in [0.1, 0.15) is 11.5 Å². The maximum atomic E-state index is 14.3. The minimum atomic E-state index is -4.48. The van der Waals surface area contributed by atoms with Crippen LogP contribution in [0.3, 0.4) is 0 Å². The molecule has 0 saturated heterocycles. The van der Waals surface area contributed by atoms with Gasteiger partial charge in [-0.05, 0) is 51.0 Å². The maximum Gasteiger partial charge on any atom is 0.397 e. The van der Waals surface area contributed by atoms with Crippen LogP contribution in [0.25, 0.3) is 0 Å². The second kappa shape index (κ2) is 12.9. The average Bonchev–Trinajstić information content (AvgIpc) is 2.80. The van der Waals surface area contributed by atoms with Crippen LogP contribution in [-0.4, -0.2) is 48.8 Å². The van der Waals surface area contributed by atoms with Crippen LogP contribution in [0.5, 0.6) is 17.2 Å². The minimum absolute atomic E-state index is 0.00932. The number of rotatable bonds is 11. The number of ether oxygens (including phenoxy) is 3. The number of aryl methyl sites for hydroxylation is 1. The molecule has 1 amide bonds. The molecule has 0 aromatic heterocycles. The first-order valence-electron chi connectivity index (χ1n) is 11.3. The molecule has 2 aromatic carbocycles. The summed E-state index contributed by atoms with van der Waals surface area (Å²) in [5, 5.41) is 12.6. The fourth-order valence-electron chi connectivity index (χ4n) is 3.24. The zero-order valence-corrected chi connectivity index (χ0v) is 20.5. The molecule has 202 valence electrons. The molecule has 0 aliphatic rings. The second-order valence-electron chi connectivity index (χ2n) is 7.93. The molecule has 0 atom stereocenters. The fraction of sp³-hybridized carbons (Fsp3) is 0.400. The highest BCUT2D eigenvalue weighted by Gasteiger charge is 2.29. The number of amides is 1. The molecule has 0 aliphatic carbocycles. The Labute approximate surface area is 210 Å². The molecule has 0 spiro atoms. The molecule has 2 N–H and O–H groups in total. The van der Waals surface area contributed by atoms with E-state index in [9.17, 15) is 37.1 Å². The highest BCUT2D eigenvalue weighted by molar-refractivity contribution is 6.37. The maximum absolute atomic E-state index is 14.3. The van der Waals surface area contributed by atoms with Crippen molar-refractivity contribution in [2.45, 2.75) is 46.2 Å². The number of esters is 1. The van der Waals surface area contributed by atoms with Crippen molar-refractivity contribution in [1.82, 2.24) is 0 Å². The van der Waals surface area contributed by atoms with Gasteiger partial charge < -0.3 is 24.6 Å². The van der Waals surface area contributed by atoms with E-state index in [1.165, 1.54) is 39.0 Å². The van der Waals surface area contributed by atoms with Crippen molar-refractivity contribution in [1.29, 1.82) is 0 Å². The lowest BCUT2D eigenvalue weighted by atomic mass is 10.0. The zero-order chi connectivity index (χ0) is 27.8. The van der Waals surface area contributed by atoms with E-state index in [-0.39, 0.29) is 54.6 Å². The molecule has 0 saturated carbocycles. The molecule has 0 aliphatic heterocycles. The van der Waals surface area contributed by atoms with Gasteiger partial charge >= 0.3 is 18.1 Å². The topological polar surface area (TPSA) is 111 Å². The number of carbonyl (C=O) groups excluding carboxylic acids is 3. The van der Waals surface area contributed by atoms with Crippen LogP contribution >= 0.6 is 0 Å². The van der Waals surface area contributed by atoms with Gasteiger partial charge in [-0.2, -0.15) is 13.2 Å². The number of anilines is 1. The molecule has 8 nitrogen and oxygen atoms in total. The zero-order valence-electron chi connectivity index (χ0n) is 20.5. The Kier molecular flexibility index (Phi) is 10.3. The molecule has 0 heterocycles. The Hall–Kier alpha value is -3.83. The van der Waals surface area contributed by atoms with Crippen molar-refractivity contribution in [3.8, 4) is 17.2 Å². The predicted molar refractivity (Wildman–Crippen MR) is 124 cm³/mol. The Morgan fingerprint density at radius 2 is 1.70 bits per heavy atom. The standard InChI is InChI=1S/C25H27F4NO7/c1-4-35-24(34)23(33)30-19-13-21(18(26)12-14(19)2)37-11-5-10-36-20-7-6-16(15(3)31)22(32)17(20)8-9-25(27,28)29/h6-7,12-13,32H,4-5,8-11H2,1-3H3,(H,30,33). The molecule has 0 bridgehead atoms. The van der Waals surface area contributed by atoms with Crippen LogP contribution in [0.2, 0.25) is 0 Å². The van der Waals surface area contributed by atoms with Crippen LogP contribution < -0.4 is 14.8 Å². The third-order valence-electron chi connectivity index (χ3n) is 5.07. The summed E-state index contributed by atoms with van der Waals surface area (Å²) in [5.41, 5.74) is 0.221. The van der Waals surface area contributed by atoms with Crippen molar-refractivity contribution in [3.05, 3.63) is 46.8 Å². The van der Waals surface area contributed by atoms with Gasteiger partial charge in [0.05, 0.1) is 25.4 Å². The van der Waals surface area contributed by atoms with Crippen LogP contribution in [0, 0.1) is 12.7 Å². The lowest BCUT2D eigenvalue weighted by Gasteiger charge is -2.16. The van der Waals surface area contributed by atoms with Gasteiger partial charge in [-0.1, -0.05) is 0 Å². The first-order chi connectivity index (χ1) is 17.3. The van der Waals surface area contributed by atoms with Gasteiger partial charge in [0.2, 0.25) is 0 Å². The fourth-order valence-corrected chi connectivity index (χ4v) is 3.24. The Morgan fingerprint density at radius 1 is 1.05 bits per heavy atom. The quantitative estimate of drug-likeness (QED) is 0.140. The van der Waals surface area contributed by atoms with Gasteiger partial charge in [-0.25, -0.2) is 9.18 Å². The molecular formula is C25H27F4NO7. The lowest BCUT2D eigenvalue weighted by Crippen LogP contribution is -2.25. The number of halogens is 4.